The molecule has 1 aromatic heterocycles. The average molecular weight is 173 g/mol. The van der Waals surface area contributed by atoms with E-state index >= 15 is 0 Å². The van der Waals surface area contributed by atoms with Gasteiger partial charge in [-0.3, -0.25) is 4.68 Å². The van der Waals surface area contributed by atoms with Crippen LogP contribution in [-0.4, -0.2) is 14.8 Å². The maximum absolute atomic E-state index is 4.22. The molecule has 0 N–H and O–H groups in total. The Balaban J connectivity index is 2.41. The van der Waals surface area contributed by atoms with Crippen molar-refractivity contribution in [2.24, 2.45) is 7.05 Å². The summed E-state index contributed by atoms with van der Waals surface area (Å²) in [7, 11) is 1.87. The summed E-state index contributed by atoms with van der Waals surface area (Å²) in [6.45, 7) is 2.07. The predicted molar refractivity (Wildman–Crippen MR) is 51.2 cm³/mol. The van der Waals surface area contributed by atoms with Gasteiger partial charge < -0.3 is 0 Å². The number of aromatic nitrogens is 3. The smallest absolute Gasteiger partial charge is 0.181 e. The molecule has 0 radical (unpaired) electrons. The molecule has 0 bridgehead atoms. The highest BCUT2D eigenvalue weighted by Crippen LogP contribution is 2.13. The van der Waals surface area contributed by atoms with Crippen molar-refractivity contribution in [3.63, 3.8) is 0 Å². The first kappa shape index (κ1) is 7.98. The van der Waals surface area contributed by atoms with E-state index in [1.165, 1.54) is 5.56 Å². The van der Waals surface area contributed by atoms with Gasteiger partial charge in [0.2, 0.25) is 0 Å². The van der Waals surface area contributed by atoms with Gasteiger partial charge in [-0.15, -0.1) is 0 Å². The lowest BCUT2D eigenvalue weighted by molar-refractivity contribution is 0.768. The van der Waals surface area contributed by atoms with E-state index in [9.17, 15) is 0 Å². The maximum Gasteiger partial charge on any atom is 0.181 e. The van der Waals surface area contributed by atoms with E-state index in [0.717, 1.165) is 11.4 Å². The van der Waals surface area contributed by atoms with Gasteiger partial charge in [-0.05, 0) is 6.92 Å². The summed E-state index contributed by atoms with van der Waals surface area (Å²) in [6, 6.07) is 8.19. The maximum atomic E-state index is 4.22. The highest BCUT2D eigenvalue weighted by atomic mass is 15.3. The molecule has 1 aromatic carbocycles. The predicted octanol–water partition coefficient (Wildman–Crippen LogP) is 1.79. The molecule has 13 heavy (non-hydrogen) atoms. The zero-order chi connectivity index (χ0) is 9.26. The molecule has 0 aliphatic carbocycles. The van der Waals surface area contributed by atoms with Gasteiger partial charge in [-0.2, -0.15) is 5.10 Å². The first-order valence-corrected chi connectivity index (χ1v) is 4.18. The lowest BCUT2D eigenvalue weighted by atomic mass is 10.1. The average Bonchev–Trinajstić information content (AvgIpc) is 2.53. The molecule has 0 saturated carbocycles. The number of nitrogens with zero attached hydrogens (tertiary/aromatic N) is 3. The third-order valence-corrected chi connectivity index (χ3v) is 1.91. The van der Waals surface area contributed by atoms with Gasteiger partial charge in [0.25, 0.3) is 0 Å². The third kappa shape index (κ3) is 1.59. The van der Waals surface area contributed by atoms with E-state index in [0.29, 0.717) is 0 Å². The van der Waals surface area contributed by atoms with Crippen molar-refractivity contribution in [3.8, 4) is 11.4 Å². The number of hydrogen-bond acceptors (Lipinski definition) is 2. The molecule has 66 valence electrons. The Morgan fingerprint density at radius 2 is 1.85 bits per heavy atom. The van der Waals surface area contributed by atoms with Crippen molar-refractivity contribution in [1.29, 1.82) is 0 Å². The molecule has 3 nitrogen and oxygen atoms in total. The molecule has 1 heterocycles. The Bertz CT molecular complexity index is 400. The fourth-order valence-electron chi connectivity index (χ4n) is 1.17. The van der Waals surface area contributed by atoms with Crippen LogP contribution in [0.1, 0.15) is 5.56 Å². The number of benzene rings is 1. The van der Waals surface area contributed by atoms with Crippen molar-refractivity contribution < 1.29 is 0 Å². The molecule has 0 aliphatic heterocycles. The van der Waals surface area contributed by atoms with Crippen LogP contribution in [0.2, 0.25) is 0 Å². The molecule has 3 heteroatoms. The van der Waals surface area contributed by atoms with E-state index in [1.807, 2.05) is 19.2 Å². The standard InChI is InChI=1S/C10H11N3/c1-8-3-5-9(6-4-8)10-11-7-13(2)12-10/h3-7H,1-2H3. The molecule has 0 aliphatic rings. The Morgan fingerprint density at radius 3 is 2.38 bits per heavy atom. The van der Waals surface area contributed by atoms with Crippen LogP contribution in [0.15, 0.2) is 30.6 Å². The van der Waals surface area contributed by atoms with Crippen LogP contribution >= 0.6 is 0 Å². The van der Waals surface area contributed by atoms with Crippen LogP contribution < -0.4 is 0 Å². The van der Waals surface area contributed by atoms with E-state index in [4.69, 9.17) is 0 Å². The summed E-state index contributed by atoms with van der Waals surface area (Å²) in [5, 5.41) is 4.22. The van der Waals surface area contributed by atoms with Gasteiger partial charge in [0.15, 0.2) is 5.82 Å². The lowest BCUT2D eigenvalue weighted by Gasteiger charge is -1.95. The minimum absolute atomic E-state index is 0.780. The largest absolute Gasteiger partial charge is 0.255 e. The van der Waals surface area contributed by atoms with Crippen molar-refractivity contribution in [2.75, 3.05) is 0 Å². The van der Waals surface area contributed by atoms with Crippen molar-refractivity contribution in [1.82, 2.24) is 14.8 Å². The van der Waals surface area contributed by atoms with E-state index in [2.05, 4.69) is 29.1 Å². The fraction of sp³-hybridized carbons (Fsp3) is 0.200. The van der Waals surface area contributed by atoms with Gasteiger partial charge in [-0.25, -0.2) is 4.98 Å². The van der Waals surface area contributed by atoms with E-state index in [-0.39, 0.29) is 0 Å². The summed E-state index contributed by atoms with van der Waals surface area (Å²) in [4.78, 5) is 4.17. The molecule has 0 saturated heterocycles. The minimum Gasteiger partial charge on any atom is -0.255 e. The van der Waals surface area contributed by atoms with Crippen LogP contribution in [0.5, 0.6) is 0 Å². The van der Waals surface area contributed by atoms with Gasteiger partial charge in [0.1, 0.15) is 6.33 Å². The summed E-state index contributed by atoms with van der Waals surface area (Å²) in [6.07, 6.45) is 1.70. The van der Waals surface area contributed by atoms with E-state index in [1.54, 1.807) is 11.0 Å². The van der Waals surface area contributed by atoms with Crippen LogP contribution in [0, 0.1) is 6.92 Å². The second-order valence-corrected chi connectivity index (χ2v) is 3.11. The second kappa shape index (κ2) is 3.01. The Hall–Kier alpha value is -1.64. The number of hydrogen-bond donors (Lipinski definition) is 0. The monoisotopic (exact) mass is 173 g/mol. The molecule has 2 rings (SSSR count). The summed E-state index contributed by atoms with van der Waals surface area (Å²) >= 11 is 0. The third-order valence-electron chi connectivity index (χ3n) is 1.91. The minimum atomic E-state index is 0.780. The molecule has 0 fully saturated rings. The van der Waals surface area contributed by atoms with Crippen molar-refractivity contribution in [2.45, 2.75) is 6.92 Å². The zero-order valence-corrected chi connectivity index (χ0v) is 7.73. The Morgan fingerprint density at radius 1 is 1.15 bits per heavy atom. The van der Waals surface area contributed by atoms with Crippen LogP contribution in [-0.2, 0) is 7.05 Å². The van der Waals surface area contributed by atoms with Crippen molar-refractivity contribution >= 4 is 0 Å². The molecule has 0 amide bonds. The summed E-state index contributed by atoms with van der Waals surface area (Å²) in [5.74, 6) is 0.780. The fourth-order valence-corrected chi connectivity index (χ4v) is 1.17. The SMILES string of the molecule is Cc1ccc(-c2ncn(C)n2)cc1. The number of aryl methyl sites for hydroxylation is 2. The molecule has 0 atom stereocenters. The molecular formula is C10H11N3. The summed E-state index contributed by atoms with van der Waals surface area (Å²) in [5.41, 5.74) is 2.31. The lowest BCUT2D eigenvalue weighted by Crippen LogP contribution is -1.87. The quantitative estimate of drug-likeness (QED) is 0.658. The first-order chi connectivity index (χ1) is 6.25. The normalized spacial score (nSPS) is 10.3. The topological polar surface area (TPSA) is 30.7 Å². The first-order valence-electron chi connectivity index (χ1n) is 4.18. The molecule has 0 unspecified atom stereocenters. The van der Waals surface area contributed by atoms with Crippen LogP contribution in [0.4, 0.5) is 0 Å². The molecular weight excluding hydrogens is 162 g/mol. The van der Waals surface area contributed by atoms with Crippen LogP contribution in [0.3, 0.4) is 0 Å². The Labute approximate surface area is 77.0 Å². The number of rotatable bonds is 1. The van der Waals surface area contributed by atoms with E-state index < -0.39 is 0 Å². The highest BCUT2D eigenvalue weighted by Gasteiger charge is 2.00. The molecule has 2 aromatic rings. The molecule has 0 spiro atoms. The van der Waals surface area contributed by atoms with Gasteiger partial charge in [-0.1, -0.05) is 29.8 Å². The Kier molecular flexibility index (Phi) is 1.85. The van der Waals surface area contributed by atoms with Gasteiger partial charge in [0, 0.05) is 12.6 Å². The summed E-state index contributed by atoms with van der Waals surface area (Å²) < 4.78 is 1.70. The highest BCUT2D eigenvalue weighted by molar-refractivity contribution is 5.54. The van der Waals surface area contributed by atoms with Gasteiger partial charge in [0.05, 0.1) is 0 Å². The van der Waals surface area contributed by atoms with Gasteiger partial charge >= 0.3 is 0 Å². The zero-order valence-electron chi connectivity index (χ0n) is 7.73. The second-order valence-electron chi connectivity index (χ2n) is 3.11. The van der Waals surface area contributed by atoms with Crippen molar-refractivity contribution in [3.05, 3.63) is 36.2 Å². The van der Waals surface area contributed by atoms with Crippen LogP contribution in [0.25, 0.3) is 11.4 Å².